The second-order valence-electron chi connectivity index (χ2n) is 12.9. The van der Waals surface area contributed by atoms with Crippen LogP contribution < -0.4 is 4.90 Å². The van der Waals surface area contributed by atoms with Crippen molar-refractivity contribution >= 4 is 23.4 Å². The molecule has 3 amide bonds. The Morgan fingerprint density at radius 2 is 1.75 bits per heavy atom. The van der Waals surface area contributed by atoms with Gasteiger partial charge in [0.05, 0.1) is 30.1 Å². The summed E-state index contributed by atoms with van der Waals surface area (Å²) in [5, 5.41) is 10.5. The fourth-order valence-corrected chi connectivity index (χ4v) is 7.20. The number of hydrogen-bond acceptors (Lipinski definition) is 5. The molecule has 40 heavy (non-hydrogen) atoms. The minimum atomic E-state index is -1.17. The molecular formula is C32H45N3O5. The summed E-state index contributed by atoms with van der Waals surface area (Å²) >= 11 is 0. The third kappa shape index (κ3) is 4.59. The van der Waals surface area contributed by atoms with Gasteiger partial charge in [0.1, 0.15) is 11.6 Å². The summed E-state index contributed by atoms with van der Waals surface area (Å²) in [6.07, 6.45) is 4.37. The smallest absolute Gasteiger partial charge is 0.249 e. The molecule has 0 saturated carbocycles. The van der Waals surface area contributed by atoms with E-state index in [2.05, 4.69) is 13.2 Å². The molecule has 4 rings (SSSR count). The number of fused-ring (bicyclic) bond motifs is 1. The fraction of sp³-hybridized carbons (Fsp3) is 0.594. The molecule has 2 unspecified atom stereocenters. The number of ether oxygens (including phenoxy) is 1. The van der Waals surface area contributed by atoms with Crippen LogP contribution in [-0.4, -0.2) is 81.1 Å². The first kappa shape index (κ1) is 30.0. The SMILES string of the molecule is C=CCN(C(=O)[C@H]1[C@H]2C(=O)N([C@@H](CO)C(C)C)C(C(=O)N(CC=C)C(C)(C)C)C23CC[C@]1(C)O3)c1ccccc1. The van der Waals surface area contributed by atoms with E-state index < -0.39 is 40.7 Å². The molecule has 0 aromatic heterocycles. The van der Waals surface area contributed by atoms with Gasteiger partial charge in [0.15, 0.2) is 0 Å². The summed E-state index contributed by atoms with van der Waals surface area (Å²) in [6.45, 7) is 19.6. The van der Waals surface area contributed by atoms with Gasteiger partial charge in [-0.3, -0.25) is 14.4 Å². The van der Waals surface area contributed by atoms with E-state index in [0.717, 1.165) is 0 Å². The Balaban J connectivity index is 1.87. The second-order valence-corrected chi connectivity index (χ2v) is 12.9. The Bertz CT molecular complexity index is 1160. The zero-order chi connectivity index (χ0) is 29.6. The molecule has 6 atom stereocenters. The number of para-hydroxylation sites is 1. The van der Waals surface area contributed by atoms with Crippen LogP contribution in [0.1, 0.15) is 54.4 Å². The molecule has 3 heterocycles. The number of aliphatic hydroxyl groups excluding tert-OH is 1. The summed E-state index contributed by atoms with van der Waals surface area (Å²) in [7, 11) is 0. The van der Waals surface area contributed by atoms with Crippen molar-refractivity contribution in [2.75, 3.05) is 24.6 Å². The van der Waals surface area contributed by atoms with E-state index in [1.54, 1.807) is 26.9 Å². The molecule has 1 aromatic rings. The van der Waals surface area contributed by atoms with Crippen molar-refractivity contribution in [2.45, 2.75) is 83.2 Å². The average molecular weight is 552 g/mol. The first-order valence-electron chi connectivity index (χ1n) is 14.3. The number of benzene rings is 1. The molecule has 0 aliphatic carbocycles. The highest BCUT2D eigenvalue weighted by atomic mass is 16.5. The first-order valence-corrected chi connectivity index (χ1v) is 14.3. The summed E-state index contributed by atoms with van der Waals surface area (Å²) in [5.74, 6) is -2.51. The van der Waals surface area contributed by atoms with E-state index >= 15 is 0 Å². The maximum Gasteiger partial charge on any atom is 0.249 e. The number of amides is 3. The van der Waals surface area contributed by atoms with Gasteiger partial charge in [-0.15, -0.1) is 13.2 Å². The average Bonchev–Trinajstić information content (AvgIpc) is 3.46. The Labute approximate surface area is 238 Å². The fourth-order valence-electron chi connectivity index (χ4n) is 7.20. The number of nitrogens with zero attached hydrogens (tertiary/aromatic N) is 3. The monoisotopic (exact) mass is 551 g/mol. The molecular weight excluding hydrogens is 506 g/mol. The van der Waals surface area contributed by atoms with Crippen LogP contribution in [-0.2, 0) is 19.1 Å². The van der Waals surface area contributed by atoms with Crippen LogP contribution in [0.25, 0.3) is 0 Å². The van der Waals surface area contributed by atoms with Crippen molar-refractivity contribution in [3.8, 4) is 0 Å². The van der Waals surface area contributed by atoms with Gasteiger partial charge in [0, 0.05) is 24.3 Å². The molecule has 1 spiro atoms. The number of aliphatic hydroxyl groups is 1. The number of likely N-dealkylation sites (tertiary alicyclic amines) is 1. The van der Waals surface area contributed by atoms with E-state index in [-0.39, 0.29) is 36.8 Å². The van der Waals surface area contributed by atoms with Crippen molar-refractivity contribution in [3.63, 3.8) is 0 Å². The molecule has 3 fully saturated rings. The normalized spacial score (nSPS) is 29.9. The molecule has 1 N–H and O–H groups in total. The van der Waals surface area contributed by atoms with E-state index in [1.165, 1.54) is 0 Å². The summed E-state index contributed by atoms with van der Waals surface area (Å²) in [4.78, 5) is 48.5. The van der Waals surface area contributed by atoms with Gasteiger partial charge >= 0.3 is 0 Å². The number of hydrogen-bond donors (Lipinski definition) is 1. The molecule has 0 radical (unpaired) electrons. The molecule has 8 nitrogen and oxygen atoms in total. The van der Waals surface area contributed by atoms with Crippen LogP contribution in [0.4, 0.5) is 5.69 Å². The number of rotatable bonds is 10. The minimum Gasteiger partial charge on any atom is -0.394 e. The standard InChI is InChI=1S/C32H45N3O5/c1-9-18-33(22-14-12-11-13-15-22)27(37)24-25-28(38)35(23(20-36)21(3)4)26(32(25)17-16-31(24,8)40-32)29(39)34(19-10-2)30(5,6)7/h9-15,21,23-26,36H,1-2,16-20H2,3-8H3/t23-,24+,25-,26?,31-,32?/m0/s1. The van der Waals surface area contributed by atoms with Crippen molar-refractivity contribution in [3.05, 3.63) is 55.6 Å². The Hall–Kier alpha value is -2.97. The van der Waals surface area contributed by atoms with Crippen LogP contribution in [0.3, 0.4) is 0 Å². The van der Waals surface area contributed by atoms with Gasteiger partial charge in [-0.1, -0.05) is 44.2 Å². The largest absolute Gasteiger partial charge is 0.394 e. The van der Waals surface area contributed by atoms with Crippen LogP contribution in [0, 0.1) is 17.8 Å². The van der Waals surface area contributed by atoms with Crippen LogP contribution >= 0.6 is 0 Å². The van der Waals surface area contributed by atoms with Gasteiger partial charge < -0.3 is 24.5 Å². The summed E-state index contributed by atoms with van der Waals surface area (Å²) in [6, 6.07) is 7.78. The van der Waals surface area contributed by atoms with Crippen molar-refractivity contribution < 1.29 is 24.2 Å². The quantitative estimate of drug-likeness (QED) is 0.447. The lowest BCUT2D eigenvalue weighted by atomic mass is 9.66. The lowest BCUT2D eigenvalue weighted by molar-refractivity contribution is -0.158. The topological polar surface area (TPSA) is 90.4 Å². The highest BCUT2D eigenvalue weighted by Gasteiger charge is 2.79. The van der Waals surface area contributed by atoms with Crippen molar-refractivity contribution in [2.24, 2.45) is 17.8 Å². The third-order valence-electron chi connectivity index (χ3n) is 9.06. The van der Waals surface area contributed by atoms with E-state index in [4.69, 9.17) is 4.74 Å². The zero-order valence-corrected chi connectivity index (χ0v) is 24.8. The number of carbonyl (C=O) groups is 3. The lowest BCUT2D eigenvalue weighted by Crippen LogP contribution is -2.62. The van der Waals surface area contributed by atoms with Crippen LogP contribution in [0.2, 0.25) is 0 Å². The molecule has 2 bridgehead atoms. The van der Waals surface area contributed by atoms with Gasteiger partial charge in [-0.05, 0) is 58.6 Å². The third-order valence-corrected chi connectivity index (χ3v) is 9.06. The van der Waals surface area contributed by atoms with Crippen LogP contribution in [0.5, 0.6) is 0 Å². The Morgan fingerprint density at radius 3 is 2.27 bits per heavy atom. The molecule has 1 aromatic carbocycles. The number of anilines is 1. The predicted octanol–water partition coefficient (Wildman–Crippen LogP) is 3.80. The second kappa shape index (κ2) is 10.8. The van der Waals surface area contributed by atoms with E-state index in [0.29, 0.717) is 25.1 Å². The number of carbonyl (C=O) groups excluding carboxylic acids is 3. The Morgan fingerprint density at radius 1 is 1.12 bits per heavy atom. The van der Waals surface area contributed by atoms with Gasteiger partial charge in [-0.2, -0.15) is 0 Å². The lowest BCUT2D eigenvalue weighted by Gasteiger charge is -2.44. The maximum atomic E-state index is 14.6. The van der Waals surface area contributed by atoms with E-state index in [9.17, 15) is 19.5 Å². The molecule has 8 heteroatoms. The highest BCUT2D eigenvalue weighted by Crippen LogP contribution is 2.64. The predicted molar refractivity (Wildman–Crippen MR) is 155 cm³/mol. The summed E-state index contributed by atoms with van der Waals surface area (Å²) < 4.78 is 6.83. The van der Waals surface area contributed by atoms with Crippen LogP contribution in [0.15, 0.2) is 55.6 Å². The van der Waals surface area contributed by atoms with Gasteiger partial charge in [-0.25, -0.2) is 0 Å². The molecule has 218 valence electrons. The van der Waals surface area contributed by atoms with Gasteiger partial charge in [0.2, 0.25) is 17.7 Å². The Kier molecular flexibility index (Phi) is 8.09. The maximum absolute atomic E-state index is 14.6. The van der Waals surface area contributed by atoms with Gasteiger partial charge in [0.25, 0.3) is 0 Å². The highest BCUT2D eigenvalue weighted by molar-refractivity contribution is 6.03. The molecule has 3 aliphatic heterocycles. The van der Waals surface area contributed by atoms with Crippen molar-refractivity contribution in [1.29, 1.82) is 0 Å². The van der Waals surface area contributed by atoms with Crippen molar-refractivity contribution in [1.82, 2.24) is 9.80 Å². The first-order chi connectivity index (χ1) is 18.8. The molecule has 3 saturated heterocycles. The van der Waals surface area contributed by atoms with E-state index in [1.807, 2.05) is 71.9 Å². The molecule has 3 aliphatic rings. The zero-order valence-electron chi connectivity index (χ0n) is 24.8. The summed E-state index contributed by atoms with van der Waals surface area (Å²) in [5.41, 5.74) is -1.92. The minimum absolute atomic E-state index is 0.120.